The molecule has 1 atom stereocenters. The van der Waals surface area contributed by atoms with Crippen molar-refractivity contribution in [2.24, 2.45) is 0 Å². The number of thiazole rings is 1. The zero-order valence-electron chi connectivity index (χ0n) is 13.7. The predicted octanol–water partition coefficient (Wildman–Crippen LogP) is 3.82. The van der Waals surface area contributed by atoms with Crippen molar-refractivity contribution < 1.29 is 13.4 Å². The summed E-state index contributed by atoms with van der Waals surface area (Å²) in [5, 5.41) is 2.69. The van der Waals surface area contributed by atoms with Gasteiger partial charge in [0.05, 0.1) is 27.3 Å². The molecule has 134 valence electrons. The lowest BCUT2D eigenvalue weighted by Crippen LogP contribution is -2.11. The van der Waals surface area contributed by atoms with Gasteiger partial charge in [-0.1, -0.05) is 29.5 Å². The van der Waals surface area contributed by atoms with E-state index in [0.29, 0.717) is 11.4 Å². The Morgan fingerprint density at radius 2 is 1.88 bits per heavy atom. The van der Waals surface area contributed by atoms with Crippen molar-refractivity contribution in [3.63, 3.8) is 0 Å². The van der Waals surface area contributed by atoms with Gasteiger partial charge in [0.2, 0.25) is 0 Å². The lowest BCUT2D eigenvalue weighted by Gasteiger charge is -2.10. The van der Waals surface area contributed by atoms with E-state index in [9.17, 15) is 13.4 Å². The molecular formula is C17H15FN4O2S2. The summed E-state index contributed by atoms with van der Waals surface area (Å²) < 4.78 is 32.4. The zero-order chi connectivity index (χ0) is 18.9. The molecule has 0 spiro atoms. The molecule has 0 aliphatic carbocycles. The molecule has 1 amide bonds. The van der Waals surface area contributed by atoms with Gasteiger partial charge in [-0.05, 0) is 35.4 Å². The molecule has 2 aromatic carbocycles. The number of nitrogens with two attached hydrogens (primary N) is 1. The molecule has 0 radical (unpaired) electrons. The maximum atomic E-state index is 13.1. The van der Waals surface area contributed by atoms with Crippen LogP contribution in [0.1, 0.15) is 9.67 Å². The Bertz CT molecular complexity index is 1080. The number of nitrogens with zero attached hydrogens (tertiary/aromatic N) is 1. The minimum atomic E-state index is -2.97. The second-order valence-corrected chi connectivity index (χ2v) is 8.96. The molecule has 26 heavy (non-hydrogen) atoms. The van der Waals surface area contributed by atoms with Crippen LogP contribution in [0, 0.1) is 10.6 Å². The van der Waals surface area contributed by atoms with E-state index in [1.54, 1.807) is 30.3 Å². The topological polar surface area (TPSA) is 109 Å². The van der Waals surface area contributed by atoms with Crippen LogP contribution in [0.3, 0.4) is 0 Å². The molecule has 3 aromatic rings. The monoisotopic (exact) mass is 390 g/mol. The summed E-state index contributed by atoms with van der Waals surface area (Å²) in [5.41, 5.74) is 8.24. The fraction of sp³-hybridized carbons (Fsp3) is 0.0588. The van der Waals surface area contributed by atoms with Gasteiger partial charge in [0.1, 0.15) is 10.7 Å². The predicted molar refractivity (Wildman–Crippen MR) is 101 cm³/mol. The van der Waals surface area contributed by atoms with Crippen LogP contribution in [-0.4, -0.2) is 21.4 Å². The fourth-order valence-electron chi connectivity index (χ4n) is 2.21. The van der Waals surface area contributed by atoms with Gasteiger partial charge in [0.25, 0.3) is 5.91 Å². The van der Waals surface area contributed by atoms with Crippen LogP contribution in [0.25, 0.3) is 11.1 Å². The first-order valence-electron chi connectivity index (χ1n) is 7.40. The SMILES string of the molecule is CS(=N)(=O)c1ncc(C(=O)Nc2cc(-c3ccc(F)cc3)ccc2N)s1. The zero-order valence-corrected chi connectivity index (χ0v) is 15.3. The standard InChI is InChI=1S/C17H15FN4O2S2/c1-26(20,24)17-21-9-15(25-17)16(23)22-14-8-11(4-7-13(14)19)10-2-5-12(18)6-3-10/h2-9,20H,19H2,1H3,(H,22,23). The van der Waals surface area contributed by atoms with E-state index in [1.807, 2.05) is 0 Å². The van der Waals surface area contributed by atoms with E-state index in [2.05, 4.69) is 10.3 Å². The molecule has 9 heteroatoms. The third kappa shape index (κ3) is 3.89. The van der Waals surface area contributed by atoms with Crippen LogP contribution in [-0.2, 0) is 9.73 Å². The molecule has 3 rings (SSSR count). The summed E-state index contributed by atoms with van der Waals surface area (Å²) in [6.07, 6.45) is 2.53. The molecule has 1 unspecified atom stereocenters. The van der Waals surface area contributed by atoms with Crippen LogP contribution in [0.15, 0.2) is 53.0 Å². The minimum Gasteiger partial charge on any atom is -0.397 e. The number of carbonyl (C=O) groups excluding carboxylic acids is 1. The van der Waals surface area contributed by atoms with Crippen molar-refractivity contribution in [3.05, 3.63) is 59.4 Å². The van der Waals surface area contributed by atoms with Gasteiger partial charge >= 0.3 is 0 Å². The summed E-state index contributed by atoms with van der Waals surface area (Å²) in [7, 11) is -2.97. The number of nitrogens with one attached hydrogen (secondary N) is 2. The van der Waals surface area contributed by atoms with Gasteiger partial charge in [-0.25, -0.2) is 18.4 Å². The molecule has 0 fully saturated rings. The quantitative estimate of drug-likeness (QED) is 0.588. The molecular weight excluding hydrogens is 375 g/mol. The van der Waals surface area contributed by atoms with E-state index in [0.717, 1.165) is 22.5 Å². The number of hydrogen-bond donors (Lipinski definition) is 3. The summed E-state index contributed by atoms with van der Waals surface area (Å²) in [4.78, 5) is 16.5. The molecule has 0 aliphatic rings. The molecule has 6 nitrogen and oxygen atoms in total. The van der Waals surface area contributed by atoms with Crippen molar-refractivity contribution in [3.8, 4) is 11.1 Å². The highest BCUT2D eigenvalue weighted by molar-refractivity contribution is 7.93. The summed E-state index contributed by atoms with van der Waals surface area (Å²) in [6.45, 7) is 0. The van der Waals surface area contributed by atoms with Crippen LogP contribution < -0.4 is 11.1 Å². The summed E-state index contributed by atoms with van der Waals surface area (Å²) >= 11 is 0.907. The van der Waals surface area contributed by atoms with E-state index in [1.165, 1.54) is 24.6 Å². The summed E-state index contributed by atoms with van der Waals surface area (Å²) in [6, 6.07) is 11.1. The molecule has 0 bridgehead atoms. The molecule has 0 aliphatic heterocycles. The normalized spacial score (nSPS) is 13.2. The molecule has 1 aromatic heterocycles. The highest BCUT2D eigenvalue weighted by Gasteiger charge is 2.16. The van der Waals surface area contributed by atoms with Crippen molar-refractivity contribution in [2.75, 3.05) is 17.3 Å². The average Bonchev–Trinajstić information content (AvgIpc) is 3.08. The van der Waals surface area contributed by atoms with Crippen molar-refractivity contribution in [1.82, 2.24) is 4.98 Å². The Balaban J connectivity index is 1.87. The van der Waals surface area contributed by atoms with Crippen molar-refractivity contribution >= 4 is 38.3 Å². The summed E-state index contributed by atoms with van der Waals surface area (Å²) in [5.74, 6) is -0.791. The van der Waals surface area contributed by atoms with E-state index >= 15 is 0 Å². The van der Waals surface area contributed by atoms with Crippen molar-refractivity contribution in [2.45, 2.75) is 4.34 Å². The first kappa shape index (κ1) is 18.0. The van der Waals surface area contributed by atoms with E-state index < -0.39 is 15.6 Å². The Morgan fingerprint density at radius 3 is 2.50 bits per heavy atom. The van der Waals surface area contributed by atoms with E-state index in [4.69, 9.17) is 10.5 Å². The number of hydrogen-bond acceptors (Lipinski definition) is 6. The van der Waals surface area contributed by atoms with Crippen LogP contribution in [0.4, 0.5) is 15.8 Å². The number of rotatable bonds is 4. The molecule has 0 saturated heterocycles. The Kier molecular flexibility index (Phi) is 4.75. The van der Waals surface area contributed by atoms with Gasteiger partial charge in [0.15, 0.2) is 4.34 Å². The number of halogens is 1. The second-order valence-electron chi connectivity index (χ2n) is 5.60. The molecule has 1 heterocycles. The first-order valence-corrected chi connectivity index (χ1v) is 10.2. The third-order valence-corrected chi connectivity index (χ3v) is 6.29. The minimum absolute atomic E-state index is 0.0932. The van der Waals surface area contributed by atoms with Crippen LogP contribution in [0.5, 0.6) is 0 Å². The number of anilines is 2. The highest BCUT2D eigenvalue weighted by Crippen LogP contribution is 2.28. The Hall–Kier alpha value is -2.78. The number of nitrogen functional groups attached to an aromatic ring is 1. The lowest BCUT2D eigenvalue weighted by atomic mass is 10.0. The highest BCUT2D eigenvalue weighted by atomic mass is 32.2. The number of carbonyl (C=O) groups is 1. The van der Waals surface area contributed by atoms with Gasteiger partial charge in [-0.3, -0.25) is 4.79 Å². The number of benzene rings is 2. The number of amides is 1. The smallest absolute Gasteiger partial charge is 0.267 e. The van der Waals surface area contributed by atoms with Crippen molar-refractivity contribution in [1.29, 1.82) is 4.78 Å². The first-order chi connectivity index (χ1) is 12.2. The molecule has 4 N–H and O–H groups in total. The Labute approximate surface area is 153 Å². The number of aromatic nitrogens is 1. The van der Waals surface area contributed by atoms with Gasteiger partial charge in [0, 0.05) is 6.26 Å². The second kappa shape index (κ2) is 6.85. The van der Waals surface area contributed by atoms with Gasteiger partial charge in [-0.15, -0.1) is 0 Å². The van der Waals surface area contributed by atoms with Crippen LogP contribution in [0.2, 0.25) is 0 Å². The fourth-order valence-corrected chi connectivity index (χ4v) is 3.92. The van der Waals surface area contributed by atoms with Crippen LogP contribution >= 0.6 is 11.3 Å². The third-order valence-electron chi connectivity index (χ3n) is 3.52. The maximum absolute atomic E-state index is 13.1. The molecule has 0 saturated carbocycles. The maximum Gasteiger partial charge on any atom is 0.267 e. The Morgan fingerprint density at radius 1 is 1.23 bits per heavy atom. The van der Waals surface area contributed by atoms with E-state index in [-0.39, 0.29) is 15.0 Å². The lowest BCUT2D eigenvalue weighted by molar-refractivity contribution is 0.103. The van der Waals surface area contributed by atoms with Gasteiger partial charge in [-0.2, -0.15) is 0 Å². The largest absolute Gasteiger partial charge is 0.397 e. The van der Waals surface area contributed by atoms with Gasteiger partial charge < -0.3 is 11.1 Å². The average molecular weight is 390 g/mol.